The van der Waals surface area contributed by atoms with E-state index in [2.05, 4.69) is 25.6 Å². The number of hydrogen-bond acceptors (Lipinski definition) is 4. The van der Waals surface area contributed by atoms with E-state index in [0.29, 0.717) is 4.47 Å². The molecule has 0 saturated heterocycles. The number of nitrogens with two attached hydrogens (primary N) is 1. The van der Waals surface area contributed by atoms with Gasteiger partial charge < -0.3 is 5.73 Å². The third kappa shape index (κ3) is 3.73. The second-order valence-corrected chi connectivity index (χ2v) is 7.56. The van der Waals surface area contributed by atoms with Gasteiger partial charge in [-0.3, -0.25) is 4.72 Å². The van der Waals surface area contributed by atoms with Gasteiger partial charge in [-0.15, -0.1) is 0 Å². The van der Waals surface area contributed by atoms with E-state index < -0.39 is 10.0 Å². The third-order valence-corrected chi connectivity index (χ3v) is 5.77. The van der Waals surface area contributed by atoms with Crippen molar-refractivity contribution in [2.45, 2.75) is 4.90 Å². The van der Waals surface area contributed by atoms with Crippen LogP contribution in [0.5, 0.6) is 0 Å². The molecule has 0 unspecified atom stereocenters. The van der Waals surface area contributed by atoms with Crippen LogP contribution in [0.25, 0.3) is 0 Å². The minimum Gasteiger partial charge on any atom is -0.399 e. The number of nitrogens with zero attached hydrogens (tertiary/aromatic N) is 1. The Hall–Kier alpha value is -0.730. The van der Waals surface area contributed by atoms with Gasteiger partial charge >= 0.3 is 0 Å². The van der Waals surface area contributed by atoms with Crippen LogP contribution in [-0.2, 0) is 10.0 Å². The number of sulfonamides is 1. The van der Waals surface area contributed by atoms with E-state index in [0.717, 1.165) is 0 Å². The van der Waals surface area contributed by atoms with E-state index in [1.165, 1.54) is 24.4 Å². The SMILES string of the molecule is Nc1cc(Cl)c(S(=O)(=O)Nc2cnc(Cl)c(Br)c2)c(Cl)c1. The van der Waals surface area contributed by atoms with Gasteiger partial charge in [0.15, 0.2) is 0 Å². The normalized spacial score (nSPS) is 11.4. The first-order chi connectivity index (χ1) is 9.70. The largest absolute Gasteiger partial charge is 0.399 e. The smallest absolute Gasteiger partial charge is 0.264 e. The molecule has 0 aliphatic carbocycles. The van der Waals surface area contributed by atoms with E-state index in [1.54, 1.807) is 0 Å². The maximum Gasteiger partial charge on any atom is 0.264 e. The Morgan fingerprint density at radius 2 is 1.71 bits per heavy atom. The molecule has 0 amide bonds. The number of aromatic nitrogens is 1. The summed E-state index contributed by atoms with van der Waals surface area (Å²) in [4.78, 5) is 3.56. The Labute approximate surface area is 144 Å². The molecule has 0 fully saturated rings. The number of nitrogen functional groups attached to an aromatic ring is 1. The van der Waals surface area contributed by atoms with Crippen LogP contribution in [0.3, 0.4) is 0 Å². The fourth-order valence-corrected chi connectivity index (χ4v) is 4.24. The van der Waals surface area contributed by atoms with Gasteiger partial charge in [0.25, 0.3) is 10.0 Å². The molecule has 2 aromatic rings. The zero-order chi connectivity index (χ0) is 15.8. The van der Waals surface area contributed by atoms with Crippen LogP contribution in [0.1, 0.15) is 0 Å². The van der Waals surface area contributed by atoms with Crippen molar-refractivity contribution >= 4 is 72.1 Å². The summed E-state index contributed by atoms with van der Waals surface area (Å²) in [7, 11) is -3.99. The molecule has 10 heteroatoms. The first-order valence-corrected chi connectivity index (χ1v) is 8.70. The molecule has 2 rings (SSSR count). The van der Waals surface area contributed by atoms with E-state index in [4.69, 9.17) is 40.5 Å². The number of rotatable bonds is 3. The second-order valence-electron chi connectivity index (χ2n) is 3.92. The molecule has 0 radical (unpaired) electrons. The van der Waals surface area contributed by atoms with Gasteiger partial charge in [-0.1, -0.05) is 34.8 Å². The molecule has 0 atom stereocenters. The monoisotopic (exact) mass is 429 g/mol. The zero-order valence-electron chi connectivity index (χ0n) is 10.1. The molecular formula is C11H7BrCl3N3O2S. The highest BCUT2D eigenvalue weighted by molar-refractivity contribution is 9.10. The molecule has 0 spiro atoms. The predicted molar refractivity (Wildman–Crippen MR) is 88.6 cm³/mol. The lowest BCUT2D eigenvalue weighted by Crippen LogP contribution is -2.14. The van der Waals surface area contributed by atoms with Crippen molar-refractivity contribution in [3.05, 3.63) is 44.1 Å². The Morgan fingerprint density at radius 1 is 1.14 bits per heavy atom. The lowest BCUT2D eigenvalue weighted by molar-refractivity contribution is 0.601. The molecule has 5 nitrogen and oxygen atoms in total. The third-order valence-electron chi connectivity index (χ3n) is 2.34. The minimum absolute atomic E-state index is 0.0755. The maximum atomic E-state index is 12.4. The van der Waals surface area contributed by atoms with Gasteiger partial charge in [0.2, 0.25) is 0 Å². The Balaban J connectivity index is 2.46. The molecule has 1 aromatic heterocycles. The summed E-state index contributed by atoms with van der Waals surface area (Å²) in [6.07, 6.45) is 1.27. The highest BCUT2D eigenvalue weighted by atomic mass is 79.9. The highest BCUT2D eigenvalue weighted by Gasteiger charge is 2.23. The minimum atomic E-state index is -3.99. The van der Waals surface area contributed by atoms with E-state index >= 15 is 0 Å². The van der Waals surface area contributed by atoms with Crippen LogP contribution in [0.4, 0.5) is 11.4 Å². The van der Waals surface area contributed by atoms with Crippen LogP contribution in [0.15, 0.2) is 33.8 Å². The predicted octanol–water partition coefficient (Wildman–Crippen LogP) is 4.19. The van der Waals surface area contributed by atoms with Crippen molar-refractivity contribution in [2.24, 2.45) is 0 Å². The summed E-state index contributed by atoms with van der Waals surface area (Å²) >= 11 is 20.7. The van der Waals surface area contributed by atoms with Gasteiger partial charge in [0.1, 0.15) is 10.0 Å². The molecule has 3 N–H and O–H groups in total. The number of benzene rings is 1. The number of nitrogens with one attached hydrogen (secondary N) is 1. The maximum absolute atomic E-state index is 12.4. The number of pyridine rings is 1. The van der Waals surface area contributed by atoms with Gasteiger partial charge in [-0.2, -0.15) is 0 Å². The lowest BCUT2D eigenvalue weighted by atomic mass is 10.3. The Bertz CT molecular complexity index is 791. The van der Waals surface area contributed by atoms with Crippen LogP contribution < -0.4 is 10.5 Å². The second kappa shape index (κ2) is 6.18. The van der Waals surface area contributed by atoms with E-state index in [9.17, 15) is 8.42 Å². The average Bonchev–Trinajstić information content (AvgIpc) is 2.31. The van der Waals surface area contributed by atoms with E-state index in [-0.39, 0.29) is 31.5 Å². The summed E-state index contributed by atoms with van der Waals surface area (Å²) in [6.45, 7) is 0. The summed E-state index contributed by atoms with van der Waals surface area (Å²) in [5.41, 5.74) is 6.01. The number of hydrogen-bond donors (Lipinski definition) is 2. The Kier molecular flexibility index (Phi) is 4.89. The molecule has 0 aliphatic rings. The van der Waals surface area contributed by atoms with Crippen molar-refractivity contribution < 1.29 is 8.42 Å². The van der Waals surface area contributed by atoms with Crippen LogP contribution >= 0.6 is 50.7 Å². The molecule has 0 aliphatic heterocycles. The summed E-state index contributed by atoms with van der Waals surface area (Å²) in [6, 6.07) is 4.07. The zero-order valence-corrected chi connectivity index (χ0v) is 14.7. The first-order valence-electron chi connectivity index (χ1n) is 5.29. The molecule has 112 valence electrons. The van der Waals surface area contributed by atoms with Gasteiger partial charge in [-0.25, -0.2) is 13.4 Å². The van der Waals surface area contributed by atoms with Crippen LogP contribution in [0, 0.1) is 0 Å². The molecule has 1 aromatic carbocycles. The molecule has 21 heavy (non-hydrogen) atoms. The fourth-order valence-electron chi connectivity index (χ4n) is 1.52. The van der Waals surface area contributed by atoms with Gasteiger partial charge in [0.05, 0.1) is 26.4 Å². The Morgan fingerprint density at radius 3 is 2.24 bits per heavy atom. The van der Waals surface area contributed by atoms with Crippen molar-refractivity contribution in [3.8, 4) is 0 Å². The van der Waals surface area contributed by atoms with Crippen molar-refractivity contribution in [2.75, 3.05) is 10.5 Å². The van der Waals surface area contributed by atoms with Crippen molar-refractivity contribution in [1.29, 1.82) is 0 Å². The summed E-state index contributed by atoms with van der Waals surface area (Å²) in [5, 5.41) is 0.0588. The topological polar surface area (TPSA) is 85.1 Å². The quantitative estimate of drug-likeness (QED) is 0.564. The standard InChI is InChI=1S/C11H7BrCl3N3O2S/c12-7-3-6(4-17-11(7)15)18-21(19,20)10-8(13)1-5(16)2-9(10)14/h1-4,18H,16H2. The first kappa shape index (κ1) is 16.6. The van der Waals surface area contributed by atoms with Crippen LogP contribution in [-0.4, -0.2) is 13.4 Å². The average molecular weight is 432 g/mol. The van der Waals surface area contributed by atoms with E-state index in [1.807, 2.05) is 0 Å². The fraction of sp³-hybridized carbons (Fsp3) is 0. The lowest BCUT2D eigenvalue weighted by Gasteiger charge is -2.12. The van der Waals surface area contributed by atoms with Crippen LogP contribution in [0.2, 0.25) is 15.2 Å². The van der Waals surface area contributed by atoms with Crippen molar-refractivity contribution in [3.63, 3.8) is 0 Å². The molecule has 0 bridgehead atoms. The summed E-state index contributed by atoms with van der Waals surface area (Å²) in [5.74, 6) is 0. The van der Waals surface area contributed by atoms with Gasteiger partial charge in [0, 0.05) is 5.69 Å². The molecular weight excluding hydrogens is 424 g/mol. The highest BCUT2D eigenvalue weighted by Crippen LogP contribution is 2.33. The summed E-state index contributed by atoms with van der Waals surface area (Å²) < 4.78 is 27.5. The number of anilines is 2. The van der Waals surface area contributed by atoms with Gasteiger partial charge in [-0.05, 0) is 34.1 Å². The molecule has 0 saturated carbocycles. The number of halogens is 4. The molecule has 1 heterocycles. The van der Waals surface area contributed by atoms with Crippen molar-refractivity contribution in [1.82, 2.24) is 4.98 Å².